The summed E-state index contributed by atoms with van der Waals surface area (Å²) in [4.78, 5) is 20.0. The molecule has 1 aliphatic rings. The van der Waals surface area contributed by atoms with E-state index in [0.29, 0.717) is 5.25 Å². The van der Waals surface area contributed by atoms with Crippen LogP contribution < -0.4 is 0 Å². The molecule has 3 nitrogen and oxygen atoms in total. The van der Waals surface area contributed by atoms with Gasteiger partial charge in [-0.15, -0.1) is 11.8 Å². The second-order valence-electron chi connectivity index (χ2n) is 6.07. The van der Waals surface area contributed by atoms with Gasteiger partial charge in [0.2, 0.25) is 0 Å². The van der Waals surface area contributed by atoms with Crippen LogP contribution in [0.25, 0.3) is 0 Å². The Hall–Kier alpha value is -1.81. The van der Waals surface area contributed by atoms with Crippen LogP contribution in [0.4, 0.5) is 0 Å². The van der Waals surface area contributed by atoms with Crippen molar-refractivity contribution in [2.24, 2.45) is 0 Å². The molecule has 4 heteroatoms. The van der Waals surface area contributed by atoms with Gasteiger partial charge in [0.15, 0.2) is 0 Å². The summed E-state index contributed by atoms with van der Waals surface area (Å²) in [5.41, 5.74) is 3.07. The van der Waals surface area contributed by atoms with E-state index in [2.05, 4.69) is 36.2 Å². The first-order valence-electron chi connectivity index (χ1n) is 8.07. The van der Waals surface area contributed by atoms with Gasteiger partial charge in [-0.2, -0.15) is 0 Å². The number of thioether (sulfide) groups is 1. The summed E-state index contributed by atoms with van der Waals surface area (Å²) in [5.74, 6) is 0.120. The Kier molecular flexibility index (Phi) is 5.01. The molecule has 0 saturated carbocycles. The van der Waals surface area contributed by atoms with Crippen LogP contribution >= 0.6 is 11.8 Å². The maximum absolute atomic E-state index is 12.6. The average Bonchev–Trinajstić information content (AvgIpc) is 2.57. The largest absolute Gasteiger partial charge is 0.339 e. The minimum atomic E-state index is 0.120. The number of hydrogen-bond donors (Lipinski definition) is 0. The molecule has 1 fully saturated rings. The molecule has 0 radical (unpaired) electrons. The van der Waals surface area contributed by atoms with Crippen molar-refractivity contribution in [1.29, 1.82) is 0 Å². The van der Waals surface area contributed by atoms with Crippen LogP contribution in [0.15, 0.2) is 47.6 Å². The number of pyridine rings is 1. The van der Waals surface area contributed by atoms with Gasteiger partial charge in [-0.3, -0.25) is 9.78 Å². The van der Waals surface area contributed by atoms with Gasteiger partial charge in [0.1, 0.15) is 0 Å². The van der Waals surface area contributed by atoms with Gasteiger partial charge >= 0.3 is 0 Å². The molecule has 3 rings (SSSR count). The Labute approximate surface area is 142 Å². The average molecular weight is 326 g/mol. The molecule has 0 aliphatic carbocycles. The second kappa shape index (κ2) is 7.18. The zero-order valence-corrected chi connectivity index (χ0v) is 14.5. The number of piperidine rings is 1. The fourth-order valence-electron chi connectivity index (χ4n) is 2.90. The highest BCUT2D eigenvalue weighted by atomic mass is 32.2. The second-order valence-corrected chi connectivity index (χ2v) is 7.41. The molecule has 120 valence electrons. The third kappa shape index (κ3) is 3.75. The summed E-state index contributed by atoms with van der Waals surface area (Å²) in [6.07, 6.45) is 5.51. The topological polar surface area (TPSA) is 33.2 Å². The number of hydrogen-bond acceptors (Lipinski definition) is 3. The Morgan fingerprint density at radius 2 is 1.87 bits per heavy atom. The van der Waals surface area contributed by atoms with Crippen molar-refractivity contribution < 1.29 is 4.79 Å². The Balaban J connectivity index is 1.59. The Morgan fingerprint density at radius 1 is 1.13 bits per heavy atom. The van der Waals surface area contributed by atoms with Gasteiger partial charge in [-0.25, -0.2) is 0 Å². The van der Waals surface area contributed by atoms with E-state index in [-0.39, 0.29) is 5.91 Å². The smallest absolute Gasteiger partial charge is 0.255 e. The van der Waals surface area contributed by atoms with Crippen molar-refractivity contribution in [2.75, 3.05) is 13.1 Å². The van der Waals surface area contributed by atoms with E-state index in [9.17, 15) is 4.79 Å². The number of amides is 1. The molecule has 1 aliphatic heterocycles. The van der Waals surface area contributed by atoms with Crippen LogP contribution in [-0.4, -0.2) is 34.1 Å². The maximum Gasteiger partial charge on any atom is 0.255 e. The SMILES string of the molecule is Cc1ccccc1SC1CCN(C(=O)c2cnccc2C)CC1. The first-order valence-corrected chi connectivity index (χ1v) is 8.95. The lowest BCUT2D eigenvalue weighted by Gasteiger charge is -2.32. The Bertz CT molecular complexity index is 693. The van der Waals surface area contributed by atoms with Crippen LogP contribution in [0.1, 0.15) is 34.3 Å². The molecule has 1 aromatic carbocycles. The molecule has 0 bridgehead atoms. The fraction of sp³-hybridized carbons (Fsp3) is 0.368. The van der Waals surface area contributed by atoms with Crippen LogP contribution in [0, 0.1) is 13.8 Å². The van der Waals surface area contributed by atoms with E-state index < -0.39 is 0 Å². The van der Waals surface area contributed by atoms with Gasteiger partial charge in [0.25, 0.3) is 5.91 Å². The van der Waals surface area contributed by atoms with Gasteiger partial charge < -0.3 is 4.90 Å². The fourth-order valence-corrected chi connectivity index (χ4v) is 4.12. The molecule has 0 spiro atoms. The number of carbonyl (C=O) groups excluding carboxylic acids is 1. The molecule has 1 amide bonds. The molecule has 1 saturated heterocycles. The van der Waals surface area contributed by atoms with Gasteiger partial charge in [0, 0.05) is 35.6 Å². The van der Waals surface area contributed by atoms with Gasteiger partial charge in [-0.05, 0) is 49.9 Å². The molecular formula is C19H22N2OS. The van der Waals surface area contributed by atoms with Crippen LogP contribution in [0.3, 0.4) is 0 Å². The maximum atomic E-state index is 12.6. The molecule has 2 heterocycles. The first-order chi connectivity index (χ1) is 11.1. The lowest BCUT2D eigenvalue weighted by atomic mass is 10.1. The standard InChI is InChI=1S/C19H22N2OS/c1-14-7-10-20-13-17(14)19(22)21-11-8-16(9-12-21)23-18-6-4-3-5-15(18)2/h3-7,10,13,16H,8-9,11-12H2,1-2H3. The van der Waals surface area contributed by atoms with Gasteiger partial charge in [-0.1, -0.05) is 18.2 Å². The number of carbonyl (C=O) groups is 1. The highest BCUT2D eigenvalue weighted by Crippen LogP contribution is 2.32. The lowest BCUT2D eigenvalue weighted by molar-refractivity contribution is 0.0726. The normalized spacial score (nSPS) is 15.7. The number of aryl methyl sites for hydroxylation is 2. The molecule has 1 aromatic heterocycles. The van der Waals surface area contributed by atoms with Crippen molar-refractivity contribution in [3.63, 3.8) is 0 Å². The van der Waals surface area contributed by atoms with E-state index in [0.717, 1.165) is 37.1 Å². The molecule has 0 unspecified atom stereocenters. The van der Waals surface area contributed by atoms with E-state index in [1.165, 1.54) is 10.5 Å². The van der Waals surface area contributed by atoms with E-state index in [4.69, 9.17) is 0 Å². The third-order valence-electron chi connectivity index (χ3n) is 4.39. The number of benzene rings is 1. The summed E-state index contributed by atoms with van der Waals surface area (Å²) in [6, 6.07) is 10.4. The van der Waals surface area contributed by atoms with Crippen LogP contribution in [0.2, 0.25) is 0 Å². The quantitative estimate of drug-likeness (QED) is 0.851. The predicted molar refractivity (Wildman–Crippen MR) is 94.9 cm³/mol. The van der Waals surface area contributed by atoms with E-state index in [1.54, 1.807) is 12.4 Å². The van der Waals surface area contributed by atoms with E-state index in [1.807, 2.05) is 29.7 Å². The third-order valence-corrected chi connectivity index (χ3v) is 5.90. The predicted octanol–water partition coefficient (Wildman–Crippen LogP) is 4.10. The minimum Gasteiger partial charge on any atom is -0.339 e. The molecular weight excluding hydrogens is 304 g/mol. The zero-order chi connectivity index (χ0) is 16.2. The highest BCUT2D eigenvalue weighted by Gasteiger charge is 2.25. The van der Waals surface area contributed by atoms with Crippen molar-refractivity contribution in [3.05, 3.63) is 59.4 Å². The summed E-state index contributed by atoms with van der Waals surface area (Å²) in [6.45, 7) is 5.79. The van der Waals surface area contributed by atoms with Crippen LogP contribution in [0.5, 0.6) is 0 Å². The van der Waals surface area contributed by atoms with Crippen LogP contribution in [-0.2, 0) is 0 Å². The summed E-state index contributed by atoms with van der Waals surface area (Å²) in [5, 5.41) is 0.593. The number of likely N-dealkylation sites (tertiary alicyclic amines) is 1. The number of rotatable bonds is 3. The highest BCUT2D eigenvalue weighted by molar-refractivity contribution is 8.00. The van der Waals surface area contributed by atoms with Crippen molar-refractivity contribution in [2.45, 2.75) is 36.8 Å². The summed E-state index contributed by atoms with van der Waals surface area (Å²) < 4.78 is 0. The summed E-state index contributed by atoms with van der Waals surface area (Å²) in [7, 11) is 0. The Morgan fingerprint density at radius 3 is 2.57 bits per heavy atom. The first kappa shape index (κ1) is 16.1. The number of nitrogens with zero attached hydrogens (tertiary/aromatic N) is 2. The molecule has 0 atom stereocenters. The minimum absolute atomic E-state index is 0.120. The van der Waals surface area contributed by atoms with Crippen molar-refractivity contribution >= 4 is 17.7 Å². The molecule has 23 heavy (non-hydrogen) atoms. The summed E-state index contributed by atoms with van der Waals surface area (Å²) >= 11 is 1.95. The number of aromatic nitrogens is 1. The lowest BCUT2D eigenvalue weighted by Crippen LogP contribution is -2.39. The van der Waals surface area contributed by atoms with Crippen molar-refractivity contribution in [1.82, 2.24) is 9.88 Å². The molecule has 2 aromatic rings. The van der Waals surface area contributed by atoms with Gasteiger partial charge in [0.05, 0.1) is 5.56 Å². The van der Waals surface area contributed by atoms with Crippen molar-refractivity contribution in [3.8, 4) is 0 Å². The zero-order valence-electron chi connectivity index (χ0n) is 13.7. The molecule has 0 N–H and O–H groups in total. The monoisotopic (exact) mass is 326 g/mol. The van der Waals surface area contributed by atoms with E-state index >= 15 is 0 Å².